The van der Waals surface area contributed by atoms with Crippen molar-refractivity contribution in [2.75, 3.05) is 12.4 Å². The van der Waals surface area contributed by atoms with E-state index in [0.29, 0.717) is 48.6 Å². The van der Waals surface area contributed by atoms with Gasteiger partial charge < -0.3 is 14.5 Å². The zero-order valence-electron chi connectivity index (χ0n) is 22.1. The van der Waals surface area contributed by atoms with Crippen LogP contribution in [0.4, 0.5) is 5.69 Å². The maximum Gasteiger partial charge on any atom is 0.271 e. The zero-order chi connectivity index (χ0) is 28.5. The van der Waals surface area contributed by atoms with E-state index in [1.54, 1.807) is 36.8 Å². The molecule has 0 saturated carbocycles. The van der Waals surface area contributed by atoms with Crippen LogP contribution < -0.4 is 24.9 Å². The molecule has 7 nitrogen and oxygen atoms in total. The van der Waals surface area contributed by atoms with Gasteiger partial charge in [-0.05, 0) is 61.0 Å². The van der Waals surface area contributed by atoms with Gasteiger partial charge in [0.15, 0.2) is 4.80 Å². The molecule has 0 radical (unpaired) electrons. The number of halogens is 1. The van der Waals surface area contributed by atoms with Gasteiger partial charge in [-0.2, -0.15) is 0 Å². The first-order chi connectivity index (χ1) is 19.9. The Morgan fingerprint density at radius 3 is 2.63 bits per heavy atom. The van der Waals surface area contributed by atoms with E-state index in [1.807, 2.05) is 78.9 Å². The second kappa shape index (κ2) is 11.1. The van der Waals surface area contributed by atoms with Crippen molar-refractivity contribution >= 4 is 40.6 Å². The Hall–Kier alpha value is -4.66. The van der Waals surface area contributed by atoms with Crippen LogP contribution in [0.25, 0.3) is 17.4 Å². The highest BCUT2D eigenvalue weighted by Gasteiger charge is 2.32. The molecule has 0 spiro atoms. The van der Waals surface area contributed by atoms with Crippen molar-refractivity contribution in [3.8, 4) is 17.1 Å². The number of fused-ring (bicyclic) bond motifs is 1. The number of amides is 1. The summed E-state index contributed by atoms with van der Waals surface area (Å²) >= 11 is 7.39. The third-order valence-corrected chi connectivity index (χ3v) is 7.93. The topological polar surface area (TPSA) is 85.8 Å². The third kappa shape index (κ3) is 5.27. The van der Waals surface area contributed by atoms with E-state index in [1.165, 1.54) is 11.3 Å². The normalized spacial score (nSPS) is 14.9. The van der Waals surface area contributed by atoms with E-state index in [0.717, 1.165) is 11.1 Å². The lowest BCUT2D eigenvalue weighted by Gasteiger charge is -2.25. The van der Waals surface area contributed by atoms with Gasteiger partial charge in [0.25, 0.3) is 11.5 Å². The zero-order valence-corrected chi connectivity index (χ0v) is 23.7. The number of hydrogen-bond acceptors (Lipinski definition) is 6. The number of nitrogens with one attached hydrogen (secondary N) is 1. The summed E-state index contributed by atoms with van der Waals surface area (Å²) in [5, 5.41) is 3.56. The number of nitrogens with zero attached hydrogens (tertiary/aromatic N) is 2. The molecular weight excluding hydrogens is 558 g/mol. The predicted octanol–water partition coefficient (Wildman–Crippen LogP) is 5.80. The molecule has 204 valence electrons. The summed E-state index contributed by atoms with van der Waals surface area (Å²) in [5.74, 6) is 1.43. The average molecular weight is 582 g/mol. The number of carbonyl (C=O) groups excluding carboxylic acids is 1. The van der Waals surface area contributed by atoms with Crippen LogP contribution in [0.15, 0.2) is 116 Å². The summed E-state index contributed by atoms with van der Waals surface area (Å²) in [4.78, 5) is 32.8. The summed E-state index contributed by atoms with van der Waals surface area (Å²) in [6.07, 6.45) is 1.70. The Kier molecular flexibility index (Phi) is 7.17. The summed E-state index contributed by atoms with van der Waals surface area (Å²) in [7, 11) is 1.58. The lowest BCUT2D eigenvalue weighted by Crippen LogP contribution is -2.40. The SMILES string of the molecule is COc1cccc([C@H]2C(C(=O)Nc3ccccc3)=C(C)N=c3s/c(=C\c4ccc(-c5cccc(Cl)c5)o4)c(=O)n32)c1. The lowest BCUT2D eigenvalue weighted by atomic mass is 9.95. The molecule has 1 atom stereocenters. The lowest BCUT2D eigenvalue weighted by molar-refractivity contribution is -0.113. The molecule has 9 heteroatoms. The second-order valence-corrected chi connectivity index (χ2v) is 10.8. The van der Waals surface area contributed by atoms with E-state index in [9.17, 15) is 9.59 Å². The number of hydrogen-bond donors (Lipinski definition) is 1. The monoisotopic (exact) mass is 581 g/mol. The summed E-state index contributed by atoms with van der Waals surface area (Å²) in [6.45, 7) is 1.79. The van der Waals surface area contributed by atoms with Gasteiger partial charge in [-0.3, -0.25) is 14.2 Å². The maximum absolute atomic E-state index is 13.9. The predicted molar refractivity (Wildman–Crippen MR) is 161 cm³/mol. The van der Waals surface area contributed by atoms with Crippen LogP contribution in [0, 0.1) is 0 Å². The Labute approximate surface area is 244 Å². The van der Waals surface area contributed by atoms with E-state index >= 15 is 0 Å². The fraction of sp³-hybridized carbons (Fsp3) is 0.0938. The summed E-state index contributed by atoms with van der Waals surface area (Å²) < 4.78 is 13.5. The summed E-state index contributed by atoms with van der Waals surface area (Å²) in [5.41, 5.74) is 2.84. The highest BCUT2D eigenvalue weighted by molar-refractivity contribution is 7.07. The molecule has 1 amide bonds. The quantitative estimate of drug-likeness (QED) is 0.275. The van der Waals surface area contributed by atoms with Gasteiger partial charge in [0.2, 0.25) is 0 Å². The molecule has 5 aromatic rings. The van der Waals surface area contributed by atoms with E-state index in [4.69, 9.17) is 25.7 Å². The van der Waals surface area contributed by atoms with Crippen molar-refractivity contribution in [1.82, 2.24) is 4.57 Å². The second-order valence-electron chi connectivity index (χ2n) is 9.39. The fourth-order valence-corrected chi connectivity index (χ4v) is 6.03. The number of para-hydroxylation sites is 1. The number of furan rings is 1. The van der Waals surface area contributed by atoms with Gasteiger partial charge in [-0.1, -0.05) is 65.4 Å². The molecule has 0 unspecified atom stereocenters. The van der Waals surface area contributed by atoms with Crippen LogP contribution in [0.5, 0.6) is 5.75 Å². The molecule has 3 aromatic carbocycles. The highest BCUT2D eigenvalue weighted by atomic mass is 35.5. The average Bonchev–Trinajstić information content (AvgIpc) is 3.57. The molecule has 0 aliphatic carbocycles. The largest absolute Gasteiger partial charge is 0.497 e. The first-order valence-corrected chi connectivity index (χ1v) is 14.0. The number of thiazole rings is 1. The van der Waals surface area contributed by atoms with Gasteiger partial charge in [-0.15, -0.1) is 0 Å². The van der Waals surface area contributed by atoms with Crippen LogP contribution >= 0.6 is 22.9 Å². The van der Waals surface area contributed by atoms with Crippen molar-refractivity contribution in [2.24, 2.45) is 4.99 Å². The van der Waals surface area contributed by atoms with E-state index in [2.05, 4.69) is 5.32 Å². The van der Waals surface area contributed by atoms with Crippen LogP contribution in [0.3, 0.4) is 0 Å². The van der Waals surface area contributed by atoms with Crippen LogP contribution in [-0.2, 0) is 4.79 Å². The Morgan fingerprint density at radius 1 is 1.05 bits per heavy atom. The van der Waals surface area contributed by atoms with Crippen LogP contribution in [0.1, 0.15) is 24.3 Å². The molecule has 1 aliphatic rings. The molecule has 6 rings (SSSR count). The third-order valence-electron chi connectivity index (χ3n) is 6.72. The minimum absolute atomic E-state index is 0.278. The first kappa shape index (κ1) is 26.6. The minimum Gasteiger partial charge on any atom is -0.497 e. The molecule has 0 fully saturated rings. The van der Waals surface area contributed by atoms with E-state index in [-0.39, 0.29) is 11.5 Å². The van der Waals surface area contributed by atoms with E-state index < -0.39 is 6.04 Å². The number of methoxy groups -OCH3 is 1. The number of benzene rings is 3. The summed E-state index contributed by atoms with van der Waals surface area (Å²) in [6, 6.07) is 26.9. The van der Waals surface area contributed by atoms with Crippen molar-refractivity contribution in [3.63, 3.8) is 0 Å². The van der Waals surface area contributed by atoms with Gasteiger partial charge >= 0.3 is 0 Å². The number of ether oxygens (including phenoxy) is 1. The number of anilines is 1. The van der Waals surface area contributed by atoms with Crippen molar-refractivity contribution in [2.45, 2.75) is 13.0 Å². The minimum atomic E-state index is -0.717. The number of rotatable bonds is 6. The molecule has 2 aromatic heterocycles. The molecule has 0 saturated heterocycles. The van der Waals surface area contributed by atoms with Gasteiger partial charge in [0, 0.05) is 22.3 Å². The molecular formula is C32H24ClN3O4S. The highest BCUT2D eigenvalue weighted by Crippen LogP contribution is 2.32. The molecule has 3 heterocycles. The van der Waals surface area contributed by atoms with Crippen LogP contribution in [0.2, 0.25) is 5.02 Å². The molecule has 1 aliphatic heterocycles. The van der Waals surface area contributed by atoms with Crippen molar-refractivity contribution in [3.05, 3.63) is 138 Å². The van der Waals surface area contributed by atoms with Crippen LogP contribution in [-0.4, -0.2) is 17.6 Å². The Balaban J connectivity index is 1.46. The van der Waals surface area contributed by atoms with Gasteiger partial charge in [0.05, 0.1) is 29.0 Å². The Bertz CT molecular complexity index is 1990. The molecule has 41 heavy (non-hydrogen) atoms. The molecule has 1 N–H and O–H groups in total. The maximum atomic E-state index is 13.9. The number of carbonyl (C=O) groups is 1. The standard InChI is InChI=1S/C32H24ClN3O4S/c1-19-28(30(37)35-23-11-4-3-5-12-23)29(21-9-7-13-24(17-21)39-2)36-31(38)27(41-32(36)34-19)18-25-14-15-26(40-25)20-8-6-10-22(33)16-20/h3-18,29H,1-2H3,(H,35,37)/b27-18-/t29-/m0/s1. The van der Waals surface area contributed by atoms with Crippen molar-refractivity contribution < 1.29 is 13.9 Å². The number of aromatic nitrogens is 1. The Morgan fingerprint density at radius 2 is 1.85 bits per heavy atom. The molecule has 0 bridgehead atoms. The van der Waals surface area contributed by atoms with Crippen molar-refractivity contribution in [1.29, 1.82) is 0 Å². The number of allylic oxidation sites excluding steroid dienone is 1. The van der Waals surface area contributed by atoms with Gasteiger partial charge in [-0.25, -0.2) is 4.99 Å². The first-order valence-electron chi connectivity index (χ1n) is 12.8. The fourth-order valence-electron chi connectivity index (χ4n) is 4.82. The smallest absolute Gasteiger partial charge is 0.271 e. The van der Waals surface area contributed by atoms with Gasteiger partial charge in [0.1, 0.15) is 17.3 Å².